The number of nitrogens with zero attached hydrogens (tertiary/aromatic N) is 4. The van der Waals surface area contributed by atoms with E-state index < -0.39 is 0 Å². The highest BCUT2D eigenvalue weighted by Crippen LogP contribution is 2.35. The normalized spacial score (nSPS) is 12.6. The highest BCUT2D eigenvalue weighted by atomic mass is 79.9. The van der Waals surface area contributed by atoms with Crippen LogP contribution in [0, 0.1) is 0 Å². The quantitative estimate of drug-likeness (QED) is 0.453. The van der Waals surface area contributed by atoms with Gasteiger partial charge in [-0.05, 0) is 42.8 Å². The third kappa shape index (κ3) is 2.98. The van der Waals surface area contributed by atoms with Crippen molar-refractivity contribution in [3.8, 4) is 0 Å². The Bertz CT molecular complexity index is 1010. The Balaban J connectivity index is 1.98. The molecule has 1 atom stereocenters. The van der Waals surface area contributed by atoms with Crippen molar-refractivity contribution in [3.05, 3.63) is 81.9 Å². The minimum atomic E-state index is -0.0654. The molecule has 6 heteroatoms. The van der Waals surface area contributed by atoms with Crippen molar-refractivity contribution in [2.24, 2.45) is 0 Å². The molecule has 0 saturated heterocycles. The molecule has 0 radical (unpaired) electrons. The van der Waals surface area contributed by atoms with Crippen LogP contribution in [0.5, 0.6) is 0 Å². The third-order valence-electron chi connectivity index (χ3n) is 4.40. The summed E-state index contributed by atoms with van der Waals surface area (Å²) in [4.78, 5) is 4.15. The number of hydrogen-bond donors (Lipinski definition) is 0. The van der Waals surface area contributed by atoms with E-state index in [1.54, 1.807) is 12.7 Å². The van der Waals surface area contributed by atoms with Gasteiger partial charge in [-0.15, -0.1) is 0 Å². The first-order valence-electron chi connectivity index (χ1n) is 8.05. The topological polar surface area (TPSA) is 35.6 Å². The van der Waals surface area contributed by atoms with Crippen LogP contribution in [0.3, 0.4) is 0 Å². The van der Waals surface area contributed by atoms with E-state index in [1.165, 1.54) is 16.5 Å². The summed E-state index contributed by atoms with van der Waals surface area (Å²) in [5.41, 5.74) is 3.51. The number of aromatic nitrogens is 4. The molecule has 0 aliphatic rings. The number of rotatable bonds is 4. The van der Waals surface area contributed by atoms with Gasteiger partial charge in [0, 0.05) is 38.7 Å². The molecular weight excluding hydrogens is 400 g/mol. The van der Waals surface area contributed by atoms with E-state index >= 15 is 0 Å². The Morgan fingerprint density at radius 3 is 2.64 bits per heavy atom. The fourth-order valence-corrected chi connectivity index (χ4v) is 3.73. The van der Waals surface area contributed by atoms with Gasteiger partial charge in [-0.25, -0.2) is 9.67 Å². The molecule has 2 heterocycles. The molecule has 2 aromatic carbocycles. The van der Waals surface area contributed by atoms with Gasteiger partial charge in [-0.3, -0.25) is 0 Å². The summed E-state index contributed by atoms with van der Waals surface area (Å²) in [5.74, 6) is 0. The van der Waals surface area contributed by atoms with Gasteiger partial charge in [-0.1, -0.05) is 39.7 Å². The van der Waals surface area contributed by atoms with Crippen molar-refractivity contribution in [1.29, 1.82) is 0 Å². The lowest BCUT2D eigenvalue weighted by Crippen LogP contribution is -2.12. The molecule has 25 heavy (non-hydrogen) atoms. The Kier molecular flexibility index (Phi) is 4.36. The summed E-state index contributed by atoms with van der Waals surface area (Å²) >= 11 is 9.68. The minimum Gasteiger partial charge on any atom is -0.347 e. The Morgan fingerprint density at radius 1 is 1.16 bits per heavy atom. The lowest BCUT2D eigenvalue weighted by molar-refractivity contribution is 0.594. The molecule has 0 spiro atoms. The zero-order valence-corrected chi connectivity index (χ0v) is 15.9. The SMILES string of the molecule is CCn1cc(C(c2ccc(Cl)cc2)n2cncn2)c2cc(Br)ccc21. The van der Waals surface area contributed by atoms with Gasteiger partial charge in [0.05, 0.1) is 0 Å². The molecule has 0 aliphatic heterocycles. The minimum absolute atomic E-state index is 0.0654. The molecule has 4 nitrogen and oxygen atoms in total. The molecule has 4 aromatic rings. The van der Waals surface area contributed by atoms with Gasteiger partial charge in [0.2, 0.25) is 0 Å². The monoisotopic (exact) mass is 414 g/mol. The largest absolute Gasteiger partial charge is 0.347 e. The molecule has 0 aliphatic carbocycles. The Morgan fingerprint density at radius 2 is 1.96 bits per heavy atom. The molecule has 0 saturated carbocycles. The highest BCUT2D eigenvalue weighted by Gasteiger charge is 2.22. The molecule has 2 aromatic heterocycles. The highest BCUT2D eigenvalue weighted by molar-refractivity contribution is 9.10. The van der Waals surface area contributed by atoms with Crippen LogP contribution in [0.15, 0.2) is 65.8 Å². The van der Waals surface area contributed by atoms with Crippen LogP contribution in [-0.2, 0) is 6.54 Å². The number of halogens is 2. The lowest BCUT2D eigenvalue weighted by Gasteiger charge is -2.17. The van der Waals surface area contributed by atoms with E-state index in [9.17, 15) is 0 Å². The van der Waals surface area contributed by atoms with Crippen LogP contribution in [0.2, 0.25) is 5.02 Å². The van der Waals surface area contributed by atoms with Crippen LogP contribution in [0.4, 0.5) is 0 Å². The van der Waals surface area contributed by atoms with Crippen molar-refractivity contribution in [3.63, 3.8) is 0 Å². The molecule has 126 valence electrons. The lowest BCUT2D eigenvalue weighted by atomic mass is 9.98. The van der Waals surface area contributed by atoms with Crippen LogP contribution in [0.1, 0.15) is 24.1 Å². The summed E-state index contributed by atoms with van der Waals surface area (Å²) in [6.45, 7) is 3.06. The average molecular weight is 416 g/mol. The Labute approximate surface area is 159 Å². The molecule has 0 fully saturated rings. The van der Waals surface area contributed by atoms with Crippen LogP contribution < -0.4 is 0 Å². The van der Waals surface area contributed by atoms with E-state index in [0.717, 1.165) is 21.6 Å². The van der Waals surface area contributed by atoms with Gasteiger partial charge in [0.15, 0.2) is 0 Å². The first-order valence-corrected chi connectivity index (χ1v) is 9.22. The van der Waals surface area contributed by atoms with E-state index in [-0.39, 0.29) is 6.04 Å². The maximum Gasteiger partial charge on any atom is 0.137 e. The zero-order valence-electron chi connectivity index (χ0n) is 13.6. The maximum absolute atomic E-state index is 6.08. The van der Waals surface area contributed by atoms with Crippen molar-refractivity contribution in [1.82, 2.24) is 19.3 Å². The smallest absolute Gasteiger partial charge is 0.137 e. The van der Waals surface area contributed by atoms with Gasteiger partial charge in [0.25, 0.3) is 0 Å². The van der Waals surface area contributed by atoms with Crippen LogP contribution >= 0.6 is 27.5 Å². The van der Waals surface area contributed by atoms with Crippen molar-refractivity contribution in [2.75, 3.05) is 0 Å². The summed E-state index contributed by atoms with van der Waals surface area (Å²) < 4.78 is 5.21. The second-order valence-corrected chi connectivity index (χ2v) is 7.21. The van der Waals surface area contributed by atoms with Gasteiger partial charge < -0.3 is 4.57 Å². The van der Waals surface area contributed by atoms with Gasteiger partial charge >= 0.3 is 0 Å². The summed E-state index contributed by atoms with van der Waals surface area (Å²) in [6, 6.07) is 14.2. The second-order valence-electron chi connectivity index (χ2n) is 5.86. The zero-order chi connectivity index (χ0) is 17.4. The van der Waals surface area contributed by atoms with Crippen molar-refractivity contribution in [2.45, 2.75) is 19.5 Å². The predicted octanol–water partition coefficient (Wildman–Crippen LogP) is 5.31. The van der Waals surface area contributed by atoms with E-state index in [1.807, 2.05) is 28.9 Å². The Hall–Kier alpha value is -2.11. The fraction of sp³-hybridized carbons (Fsp3) is 0.158. The van der Waals surface area contributed by atoms with E-state index in [0.29, 0.717) is 0 Å². The molecule has 1 unspecified atom stereocenters. The summed E-state index contributed by atoms with van der Waals surface area (Å²) in [6.07, 6.45) is 5.53. The van der Waals surface area contributed by atoms with Crippen molar-refractivity contribution >= 4 is 38.4 Å². The van der Waals surface area contributed by atoms with Gasteiger partial charge in [0.1, 0.15) is 18.7 Å². The first kappa shape index (κ1) is 16.4. The summed E-state index contributed by atoms with van der Waals surface area (Å²) in [7, 11) is 0. The molecule has 4 rings (SSSR count). The number of benzene rings is 2. The molecule has 0 bridgehead atoms. The van der Waals surface area contributed by atoms with Crippen LogP contribution in [0.25, 0.3) is 10.9 Å². The molecule has 0 N–H and O–H groups in total. The van der Waals surface area contributed by atoms with Gasteiger partial charge in [-0.2, -0.15) is 5.10 Å². The second kappa shape index (κ2) is 6.65. The van der Waals surface area contributed by atoms with Crippen molar-refractivity contribution < 1.29 is 0 Å². The molecular formula is C19H16BrClN4. The third-order valence-corrected chi connectivity index (χ3v) is 5.14. The fourth-order valence-electron chi connectivity index (χ4n) is 3.25. The molecule has 0 amide bonds. The van der Waals surface area contributed by atoms with E-state index in [2.05, 4.69) is 61.9 Å². The average Bonchev–Trinajstić information content (AvgIpc) is 3.25. The standard InChI is InChI=1S/C19H16BrClN4/c1-2-24-10-17(16-9-14(20)5-8-18(16)24)19(25-12-22-11-23-25)13-3-6-15(21)7-4-13/h3-12,19H,2H2,1H3. The van der Waals surface area contributed by atoms with Crippen LogP contribution in [-0.4, -0.2) is 19.3 Å². The number of aryl methyl sites for hydroxylation is 1. The number of fused-ring (bicyclic) bond motifs is 1. The number of hydrogen-bond acceptors (Lipinski definition) is 2. The summed E-state index contributed by atoms with van der Waals surface area (Å²) in [5, 5.41) is 6.33. The first-order chi connectivity index (χ1) is 12.2. The van der Waals surface area contributed by atoms with E-state index in [4.69, 9.17) is 11.6 Å². The maximum atomic E-state index is 6.08. The predicted molar refractivity (Wildman–Crippen MR) is 104 cm³/mol.